The van der Waals surface area contributed by atoms with E-state index >= 15 is 0 Å². The highest BCUT2D eigenvalue weighted by Gasteiger charge is 2.18. The molecule has 0 saturated heterocycles. The van der Waals surface area contributed by atoms with Gasteiger partial charge in [-0.15, -0.1) is 11.6 Å². The van der Waals surface area contributed by atoms with E-state index in [4.69, 9.17) is 23.2 Å². The minimum absolute atomic E-state index is 0.0154. The van der Waals surface area contributed by atoms with E-state index in [-0.39, 0.29) is 10.9 Å². The second-order valence-corrected chi connectivity index (χ2v) is 4.17. The average molecular weight is 264 g/mol. The smallest absolute Gasteiger partial charge is 0.242 e. The van der Waals surface area contributed by atoms with E-state index in [0.29, 0.717) is 12.1 Å². The number of carbonyl (C=O) groups is 1. The summed E-state index contributed by atoms with van der Waals surface area (Å²) in [5.74, 6) is -0.904. The van der Waals surface area contributed by atoms with Crippen LogP contribution in [-0.4, -0.2) is 12.5 Å². The standard InChI is InChI=1S/C11H12Cl2FNO/c1-2-5-15-11(16)10(13)7-3-4-8(12)9(14)6-7/h3-4,6,10H,2,5H2,1H3,(H,15,16). The maximum absolute atomic E-state index is 13.1. The van der Waals surface area contributed by atoms with Gasteiger partial charge in [-0.3, -0.25) is 4.79 Å². The molecule has 5 heteroatoms. The van der Waals surface area contributed by atoms with E-state index in [9.17, 15) is 9.18 Å². The molecule has 1 rings (SSSR count). The third kappa shape index (κ3) is 3.35. The quantitative estimate of drug-likeness (QED) is 0.831. The van der Waals surface area contributed by atoms with Gasteiger partial charge in [-0.25, -0.2) is 4.39 Å². The summed E-state index contributed by atoms with van der Waals surface area (Å²) < 4.78 is 13.1. The highest BCUT2D eigenvalue weighted by molar-refractivity contribution is 6.31. The minimum Gasteiger partial charge on any atom is -0.355 e. The molecule has 1 aromatic carbocycles. The second kappa shape index (κ2) is 6.06. The summed E-state index contributed by atoms with van der Waals surface area (Å²) in [7, 11) is 0. The molecule has 0 bridgehead atoms. The molecule has 1 aromatic rings. The molecule has 0 saturated carbocycles. The number of hydrogen-bond donors (Lipinski definition) is 1. The van der Waals surface area contributed by atoms with E-state index in [2.05, 4.69) is 5.32 Å². The number of benzene rings is 1. The zero-order valence-corrected chi connectivity index (χ0v) is 10.3. The molecule has 0 aliphatic rings. The Kier molecular flexibility index (Phi) is 5.03. The topological polar surface area (TPSA) is 29.1 Å². The Bertz CT molecular complexity index is 384. The van der Waals surface area contributed by atoms with Gasteiger partial charge in [-0.05, 0) is 24.1 Å². The molecular weight excluding hydrogens is 252 g/mol. The fourth-order valence-electron chi connectivity index (χ4n) is 1.16. The molecule has 1 amide bonds. The van der Waals surface area contributed by atoms with E-state index in [1.165, 1.54) is 18.2 Å². The van der Waals surface area contributed by atoms with Crippen LogP contribution in [0.1, 0.15) is 24.3 Å². The third-order valence-corrected chi connectivity index (χ3v) is 2.77. The summed E-state index contributed by atoms with van der Waals surface area (Å²) in [6.45, 7) is 2.49. The molecule has 1 atom stereocenters. The number of carbonyl (C=O) groups excluding carboxylic acids is 1. The molecule has 0 fully saturated rings. The Morgan fingerprint density at radius 1 is 1.56 bits per heavy atom. The van der Waals surface area contributed by atoms with Crippen LogP contribution >= 0.6 is 23.2 Å². The Balaban J connectivity index is 2.75. The SMILES string of the molecule is CCCNC(=O)C(Cl)c1ccc(Cl)c(F)c1. The minimum atomic E-state index is -0.890. The first-order chi connectivity index (χ1) is 7.56. The fraction of sp³-hybridized carbons (Fsp3) is 0.364. The van der Waals surface area contributed by atoms with Crippen LogP contribution in [0.25, 0.3) is 0 Å². The van der Waals surface area contributed by atoms with Gasteiger partial charge in [0.15, 0.2) is 0 Å². The van der Waals surface area contributed by atoms with Gasteiger partial charge in [0.25, 0.3) is 0 Å². The normalized spacial score (nSPS) is 12.2. The maximum Gasteiger partial charge on any atom is 0.242 e. The lowest BCUT2D eigenvalue weighted by Gasteiger charge is -2.10. The van der Waals surface area contributed by atoms with Gasteiger partial charge in [0.1, 0.15) is 11.2 Å². The molecule has 0 radical (unpaired) electrons. The van der Waals surface area contributed by atoms with Crippen molar-refractivity contribution in [3.8, 4) is 0 Å². The Morgan fingerprint density at radius 3 is 2.81 bits per heavy atom. The highest BCUT2D eigenvalue weighted by atomic mass is 35.5. The van der Waals surface area contributed by atoms with Crippen LogP contribution in [-0.2, 0) is 4.79 Å². The number of amides is 1. The van der Waals surface area contributed by atoms with Crippen LogP contribution < -0.4 is 5.32 Å². The summed E-state index contributed by atoms with van der Waals surface area (Å²) in [5, 5.41) is 1.76. The fourth-order valence-corrected chi connectivity index (χ4v) is 1.49. The molecule has 1 unspecified atom stereocenters. The lowest BCUT2D eigenvalue weighted by molar-refractivity contribution is -0.120. The number of rotatable bonds is 4. The average Bonchev–Trinajstić information content (AvgIpc) is 2.28. The Hall–Kier alpha value is -0.800. The van der Waals surface area contributed by atoms with Crippen molar-refractivity contribution in [3.63, 3.8) is 0 Å². The van der Waals surface area contributed by atoms with Crippen molar-refractivity contribution in [2.45, 2.75) is 18.7 Å². The van der Waals surface area contributed by atoms with Crippen molar-refractivity contribution in [1.82, 2.24) is 5.32 Å². The number of halogens is 3. The van der Waals surface area contributed by atoms with Gasteiger partial charge in [0.2, 0.25) is 5.91 Å². The zero-order valence-electron chi connectivity index (χ0n) is 8.77. The third-order valence-electron chi connectivity index (χ3n) is 2.02. The molecule has 0 spiro atoms. The van der Waals surface area contributed by atoms with Crippen LogP contribution in [0.15, 0.2) is 18.2 Å². The maximum atomic E-state index is 13.1. The first kappa shape index (κ1) is 13.3. The zero-order chi connectivity index (χ0) is 12.1. The monoisotopic (exact) mass is 263 g/mol. The molecule has 0 aliphatic heterocycles. The summed E-state index contributed by atoms with van der Waals surface area (Å²) >= 11 is 11.4. The number of alkyl halides is 1. The van der Waals surface area contributed by atoms with Crippen LogP contribution in [0, 0.1) is 5.82 Å². The summed E-state index contributed by atoms with van der Waals surface area (Å²) in [4.78, 5) is 11.5. The van der Waals surface area contributed by atoms with E-state index < -0.39 is 11.2 Å². The van der Waals surface area contributed by atoms with Gasteiger partial charge < -0.3 is 5.32 Å². The van der Waals surface area contributed by atoms with E-state index in [0.717, 1.165) is 6.42 Å². The molecule has 0 aromatic heterocycles. The first-order valence-electron chi connectivity index (χ1n) is 4.93. The lowest BCUT2D eigenvalue weighted by Crippen LogP contribution is -2.27. The Labute approximate surface area is 104 Å². The van der Waals surface area contributed by atoms with Gasteiger partial charge in [0, 0.05) is 6.54 Å². The predicted molar refractivity (Wildman–Crippen MR) is 63.3 cm³/mol. The molecule has 0 heterocycles. The highest BCUT2D eigenvalue weighted by Crippen LogP contribution is 2.24. The van der Waals surface area contributed by atoms with E-state index in [1.807, 2.05) is 6.92 Å². The van der Waals surface area contributed by atoms with Gasteiger partial charge in [0.05, 0.1) is 5.02 Å². The summed E-state index contributed by atoms with van der Waals surface area (Å²) in [6.07, 6.45) is 0.824. The van der Waals surface area contributed by atoms with Crippen LogP contribution in [0.4, 0.5) is 4.39 Å². The largest absolute Gasteiger partial charge is 0.355 e. The first-order valence-corrected chi connectivity index (χ1v) is 5.74. The van der Waals surface area contributed by atoms with Crippen molar-refractivity contribution < 1.29 is 9.18 Å². The molecule has 88 valence electrons. The summed E-state index contributed by atoms with van der Waals surface area (Å²) in [5.41, 5.74) is 0.400. The lowest BCUT2D eigenvalue weighted by atomic mass is 10.1. The molecular formula is C11H12Cl2FNO. The van der Waals surface area contributed by atoms with Gasteiger partial charge in [-0.1, -0.05) is 24.6 Å². The predicted octanol–water partition coefficient (Wildman–Crippen LogP) is 3.29. The van der Waals surface area contributed by atoms with Crippen LogP contribution in [0.5, 0.6) is 0 Å². The van der Waals surface area contributed by atoms with Crippen molar-refractivity contribution in [1.29, 1.82) is 0 Å². The van der Waals surface area contributed by atoms with Gasteiger partial charge >= 0.3 is 0 Å². The van der Waals surface area contributed by atoms with Crippen molar-refractivity contribution in [2.75, 3.05) is 6.54 Å². The van der Waals surface area contributed by atoms with Crippen molar-refractivity contribution >= 4 is 29.1 Å². The van der Waals surface area contributed by atoms with Crippen LogP contribution in [0.2, 0.25) is 5.02 Å². The molecule has 0 aliphatic carbocycles. The Morgan fingerprint density at radius 2 is 2.25 bits per heavy atom. The van der Waals surface area contributed by atoms with Gasteiger partial charge in [-0.2, -0.15) is 0 Å². The van der Waals surface area contributed by atoms with Crippen LogP contribution in [0.3, 0.4) is 0 Å². The van der Waals surface area contributed by atoms with Crippen molar-refractivity contribution in [3.05, 3.63) is 34.6 Å². The summed E-state index contributed by atoms with van der Waals surface area (Å²) in [6, 6.07) is 4.09. The molecule has 16 heavy (non-hydrogen) atoms. The number of hydrogen-bond acceptors (Lipinski definition) is 1. The number of nitrogens with one attached hydrogen (secondary N) is 1. The van der Waals surface area contributed by atoms with E-state index in [1.54, 1.807) is 0 Å². The van der Waals surface area contributed by atoms with Crippen molar-refractivity contribution in [2.24, 2.45) is 0 Å². The molecule has 1 N–H and O–H groups in total. The molecule has 2 nitrogen and oxygen atoms in total. The second-order valence-electron chi connectivity index (χ2n) is 3.33.